The Balaban J connectivity index is 2.13. The molecular weight excluding hydrogens is 252 g/mol. The van der Waals surface area contributed by atoms with Gasteiger partial charge in [-0.1, -0.05) is 25.1 Å². The van der Waals surface area contributed by atoms with Crippen LogP contribution in [-0.4, -0.2) is 24.2 Å². The number of nitrogens with one attached hydrogen (secondary N) is 1. The molecule has 2 aromatic rings. The van der Waals surface area contributed by atoms with Gasteiger partial charge >= 0.3 is 5.97 Å². The predicted molar refractivity (Wildman–Crippen MR) is 80.6 cm³/mol. The molecule has 1 N–H and O–H groups in total. The molecule has 0 aliphatic heterocycles. The van der Waals surface area contributed by atoms with Crippen LogP contribution in [0.4, 0.5) is 0 Å². The van der Waals surface area contributed by atoms with Crippen LogP contribution < -0.4 is 5.32 Å². The summed E-state index contributed by atoms with van der Waals surface area (Å²) in [5.74, 6) is -0.144. The fraction of sp³-hybridized carbons (Fsp3) is 0.438. The lowest BCUT2D eigenvalue weighted by Crippen LogP contribution is -2.11. The van der Waals surface area contributed by atoms with Crippen LogP contribution in [0.1, 0.15) is 25.3 Å². The van der Waals surface area contributed by atoms with Crippen LogP contribution in [0.2, 0.25) is 0 Å². The van der Waals surface area contributed by atoms with Crippen LogP contribution in [0.25, 0.3) is 10.9 Å². The maximum absolute atomic E-state index is 11.2. The van der Waals surface area contributed by atoms with Crippen molar-refractivity contribution in [2.75, 3.05) is 13.7 Å². The Morgan fingerprint density at radius 1 is 1.35 bits per heavy atom. The summed E-state index contributed by atoms with van der Waals surface area (Å²) in [7, 11) is 1.43. The van der Waals surface area contributed by atoms with Crippen molar-refractivity contribution in [2.45, 2.75) is 32.9 Å². The summed E-state index contributed by atoms with van der Waals surface area (Å²) in [6.45, 7) is 4.78. The summed E-state index contributed by atoms with van der Waals surface area (Å²) in [5.41, 5.74) is 2.53. The SMILES string of the molecule is CCNCc1cn(CCCC(=O)OC)c2ccccc12. The number of fused-ring (bicyclic) bond motifs is 1. The van der Waals surface area contributed by atoms with Crippen LogP contribution in [0.3, 0.4) is 0 Å². The lowest BCUT2D eigenvalue weighted by atomic mass is 10.2. The minimum Gasteiger partial charge on any atom is -0.469 e. The average Bonchev–Trinajstić information content (AvgIpc) is 2.83. The number of hydrogen-bond donors (Lipinski definition) is 1. The third kappa shape index (κ3) is 3.39. The number of hydrogen-bond acceptors (Lipinski definition) is 3. The van der Waals surface area contributed by atoms with E-state index in [-0.39, 0.29) is 5.97 Å². The van der Waals surface area contributed by atoms with E-state index in [2.05, 4.69) is 52.0 Å². The predicted octanol–water partition coefficient (Wildman–Crippen LogP) is 2.70. The zero-order valence-electron chi connectivity index (χ0n) is 12.2. The van der Waals surface area contributed by atoms with Gasteiger partial charge in [0.05, 0.1) is 7.11 Å². The molecule has 4 heteroatoms. The lowest BCUT2D eigenvalue weighted by Gasteiger charge is -2.04. The summed E-state index contributed by atoms with van der Waals surface area (Å²) in [5, 5.41) is 4.65. The first-order valence-electron chi connectivity index (χ1n) is 7.10. The van der Waals surface area contributed by atoms with Crippen molar-refractivity contribution in [1.29, 1.82) is 0 Å². The molecular formula is C16H22N2O2. The summed E-state index contributed by atoms with van der Waals surface area (Å²) >= 11 is 0. The number of para-hydroxylation sites is 1. The molecule has 0 unspecified atom stereocenters. The fourth-order valence-electron chi connectivity index (χ4n) is 2.40. The van der Waals surface area contributed by atoms with E-state index in [1.807, 2.05) is 0 Å². The number of aromatic nitrogens is 1. The first kappa shape index (κ1) is 14.6. The molecule has 4 nitrogen and oxygen atoms in total. The van der Waals surface area contributed by atoms with E-state index in [9.17, 15) is 4.79 Å². The smallest absolute Gasteiger partial charge is 0.305 e. The third-order valence-electron chi connectivity index (χ3n) is 3.44. The van der Waals surface area contributed by atoms with Crippen LogP contribution in [0.15, 0.2) is 30.5 Å². The molecule has 1 aromatic carbocycles. The third-order valence-corrected chi connectivity index (χ3v) is 3.44. The van der Waals surface area contributed by atoms with E-state index >= 15 is 0 Å². The Bertz CT molecular complexity index is 575. The fourth-order valence-corrected chi connectivity index (χ4v) is 2.40. The topological polar surface area (TPSA) is 43.3 Å². The molecule has 1 aromatic heterocycles. The van der Waals surface area contributed by atoms with Gasteiger partial charge in [0.1, 0.15) is 0 Å². The molecule has 0 atom stereocenters. The van der Waals surface area contributed by atoms with Crippen LogP contribution in [-0.2, 0) is 22.6 Å². The van der Waals surface area contributed by atoms with E-state index in [0.29, 0.717) is 6.42 Å². The first-order valence-corrected chi connectivity index (χ1v) is 7.10. The molecule has 2 rings (SSSR count). The quantitative estimate of drug-likeness (QED) is 0.789. The number of rotatable bonds is 7. The van der Waals surface area contributed by atoms with Crippen molar-refractivity contribution >= 4 is 16.9 Å². The molecule has 0 amide bonds. The molecule has 0 radical (unpaired) electrons. The van der Waals surface area contributed by atoms with Gasteiger partial charge in [-0.05, 0) is 24.6 Å². The molecule has 108 valence electrons. The molecule has 0 spiro atoms. The maximum atomic E-state index is 11.2. The molecule has 0 saturated carbocycles. The summed E-state index contributed by atoms with van der Waals surface area (Å²) in [6, 6.07) is 8.40. The monoisotopic (exact) mass is 274 g/mol. The zero-order valence-corrected chi connectivity index (χ0v) is 12.2. The summed E-state index contributed by atoms with van der Waals surface area (Å²) in [6.07, 6.45) is 3.45. The van der Waals surface area contributed by atoms with Crippen LogP contribution in [0, 0.1) is 0 Å². The Morgan fingerprint density at radius 2 is 2.15 bits per heavy atom. The van der Waals surface area contributed by atoms with Gasteiger partial charge in [0.2, 0.25) is 0 Å². The van der Waals surface area contributed by atoms with Crippen molar-refractivity contribution < 1.29 is 9.53 Å². The highest BCUT2D eigenvalue weighted by molar-refractivity contribution is 5.84. The normalized spacial score (nSPS) is 10.9. The highest BCUT2D eigenvalue weighted by Gasteiger charge is 2.08. The number of benzene rings is 1. The lowest BCUT2D eigenvalue weighted by molar-refractivity contribution is -0.140. The number of ether oxygens (including phenoxy) is 1. The number of nitrogens with zero attached hydrogens (tertiary/aromatic N) is 1. The van der Waals surface area contributed by atoms with Crippen molar-refractivity contribution in [3.05, 3.63) is 36.0 Å². The standard InChI is InChI=1S/C16H22N2O2/c1-3-17-11-13-12-18(10-6-9-16(19)20-2)15-8-5-4-7-14(13)15/h4-5,7-8,12,17H,3,6,9-11H2,1-2H3. The number of esters is 1. The molecule has 0 bridgehead atoms. The second-order valence-corrected chi connectivity index (χ2v) is 4.82. The van der Waals surface area contributed by atoms with Crippen LogP contribution in [0.5, 0.6) is 0 Å². The molecule has 0 aliphatic rings. The first-order chi connectivity index (χ1) is 9.76. The van der Waals surface area contributed by atoms with Gasteiger partial charge in [0.25, 0.3) is 0 Å². The highest BCUT2D eigenvalue weighted by Crippen LogP contribution is 2.21. The van der Waals surface area contributed by atoms with Gasteiger partial charge in [-0.3, -0.25) is 4.79 Å². The van der Waals surface area contributed by atoms with Crippen LogP contribution >= 0.6 is 0 Å². The van der Waals surface area contributed by atoms with Crippen molar-refractivity contribution in [2.24, 2.45) is 0 Å². The average molecular weight is 274 g/mol. The van der Waals surface area contributed by atoms with Gasteiger partial charge in [0.15, 0.2) is 0 Å². The van der Waals surface area contributed by atoms with Gasteiger partial charge in [0, 0.05) is 36.6 Å². The van der Waals surface area contributed by atoms with E-state index < -0.39 is 0 Å². The minimum atomic E-state index is -0.144. The Kier molecular flexibility index (Phi) is 5.18. The van der Waals surface area contributed by atoms with Gasteiger partial charge in [-0.15, -0.1) is 0 Å². The second kappa shape index (κ2) is 7.10. The van der Waals surface area contributed by atoms with E-state index in [0.717, 1.165) is 26.1 Å². The van der Waals surface area contributed by atoms with E-state index in [4.69, 9.17) is 0 Å². The van der Waals surface area contributed by atoms with Crippen molar-refractivity contribution in [1.82, 2.24) is 9.88 Å². The molecule has 0 fully saturated rings. The highest BCUT2D eigenvalue weighted by atomic mass is 16.5. The number of aryl methyl sites for hydroxylation is 1. The number of carbonyl (C=O) groups excluding carboxylic acids is 1. The maximum Gasteiger partial charge on any atom is 0.305 e. The Hall–Kier alpha value is -1.81. The second-order valence-electron chi connectivity index (χ2n) is 4.82. The summed E-state index contributed by atoms with van der Waals surface area (Å²) < 4.78 is 6.90. The summed E-state index contributed by atoms with van der Waals surface area (Å²) in [4.78, 5) is 11.2. The van der Waals surface area contributed by atoms with Gasteiger partial charge < -0.3 is 14.6 Å². The molecule has 0 saturated heterocycles. The van der Waals surface area contributed by atoms with Gasteiger partial charge in [-0.25, -0.2) is 0 Å². The Morgan fingerprint density at radius 3 is 2.90 bits per heavy atom. The number of carbonyl (C=O) groups is 1. The molecule has 1 heterocycles. The number of methoxy groups -OCH3 is 1. The zero-order chi connectivity index (χ0) is 14.4. The largest absolute Gasteiger partial charge is 0.469 e. The molecule has 20 heavy (non-hydrogen) atoms. The van der Waals surface area contributed by atoms with Gasteiger partial charge in [-0.2, -0.15) is 0 Å². The van der Waals surface area contributed by atoms with Crippen molar-refractivity contribution in [3.63, 3.8) is 0 Å². The van der Waals surface area contributed by atoms with E-state index in [1.165, 1.54) is 23.6 Å². The van der Waals surface area contributed by atoms with E-state index in [1.54, 1.807) is 0 Å². The van der Waals surface area contributed by atoms with Crippen molar-refractivity contribution in [3.8, 4) is 0 Å². The Labute approximate surface area is 119 Å². The molecule has 0 aliphatic carbocycles. The minimum absolute atomic E-state index is 0.144.